The Hall–Kier alpha value is 0.557. The fraction of sp³-hybridized carbons (Fsp3) is 1.00. The van der Waals surface area contributed by atoms with Gasteiger partial charge in [0.15, 0.2) is 0 Å². The van der Waals surface area contributed by atoms with Gasteiger partial charge in [-0.15, -0.1) is 0 Å². The summed E-state index contributed by atoms with van der Waals surface area (Å²) in [6, 6.07) is 0. The maximum atomic E-state index is 4.94. The summed E-state index contributed by atoms with van der Waals surface area (Å²) in [5.74, 6) is 0. The van der Waals surface area contributed by atoms with Gasteiger partial charge in [-0.25, -0.2) is 0 Å². The van der Waals surface area contributed by atoms with Crippen LogP contribution in [0.5, 0.6) is 0 Å². The molecule has 0 unspecified atom stereocenters. The van der Waals surface area contributed by atoms with Crippen LogP contribution in [0.2, 0.25) is 5.09 Å². The number of hydrogen-bond donors (Lipinski definition) is 0. The van der Waals surface area contributed by atoms with Crippen molar-refractivity contribution in [3.8, 4) is 0 Å². The SMILES string of the molecule is C1CCOC1.[Li][CH2]CCCCC. The van der Waals surface area contributed by atoms with Crippen molar-refractivity contribution in [1.82, 2.24) is 0 Å². The van der Waals surface area contributed by atoms with Gasteiger partial charge in [0.25, 0.3) is 0 Å². The molecule has 2 heteroatoms. The third kappa shape index (κ3) is 10.6. The van der Waals surface area contributed by atoms with Crippen LogP contribution in [-0.2, 0) is 4.74 Å². The zero-order valence-corrected chi connectivity index (χ0v) is 8.77. The van der Waals surface area contributed by atoms with E-state index in [1.54, 1.807) is 0 Å². The third-order valence-electron chi connectivity index (χ3n) is 2.03. The third-order valence-corrected chi connectivity index (χ3v) is 2.03. The quantitative estimate of drug-likeness (QED) is 0.458. The Morgan fingerprint density at radius 2 is 1.75 bits per heavy atom. The van der Waals surface area contributed by atoms with Crippen LogP contribution < -0.4 is 0 Å². The zero-order chi connectivity index (χ0) is 9.07. The van der Waals surface area contributed by atoms with Crippen molar-refractivity contribution in [1.29, 1.82) is 0 Å². The van der Waals surface area contributed by atoms with E-state index in [0.29, 0.717) is 0 Å². The van der Waals surface area contributed by atoms with Crippen molar-refractivity contribution < 1.29 is 4.74 Å². The summed E-state index contributed by atoms with van der Waals surface area (Å²) >= 11 is 2.25. The van der Waals surface area contributed by atoms with Gasteiger partial charge >= 0.3 is 55.4 Å². The molecule has 0 saturated carbocycles. The van der Waals surface area contributed by atoms with Gasteiger partial charge in [-0.3, -0.25) is 0 Å². The van der Waals surface area contributed by atoms with E-state index in [1.165, 1.54) is 43.6 Å². The van der Waals surface area contributed by atoms with E-state index in [4.69, 9.17) is 4.74 Å². The maximum absolute atomic E-state index is 4.94. The van der Waals surface area contributed by atoms with E-state index in [1.807, 2.05) is 0 Å². The summed E-state index contributed by atoms with van der Waals surface area (Å²) in [4.78, 5) is 0. The predicted octanol–water partition coefficient (Wildman–Crippen LogP) is 2.95. The molecule has 1 heterocycles. The molecule has 0 aromatic carbocycles. The molecular weight excluding hydrogens is 143 g/mol. The van der Waals surface area contributed by atoms with Gasteiger partial charge in [0.1, 0.15) is 0 Å². The first-order valence-electron chi connectivity index (χ1n) is 5.49. The summed E-state index contributed by atoms with van der Waals surface area (Å²) in [7, 11) is 0. The first-order chi connectivity index (χ1) is 5.91. The minimum absolute atomic E-state index is 1.00. The van der Waals surface area contributed by atoms with Crippen LogP contribution in [0.15, 0.2) is 0 Å². The molecule has 12 heavy (non-hydrogen) atoms. The molecule has 1 rings (SSSR count). The average Bonchev–Trinajstić information content (AvgIpc) is 2.62. The molecule has 0 radical (unpaired) electrons. The molecule has 1 saturated heterocycles. The molecule has 0 amide bonds. The van der Waals surface area contributed by atoms with E-state index < -0.39 is 0 Å². The number of hydrogen-bond acceptors (Lipinski definition) is 1. The second-order valence-corrected chi connectivity index (χ2v) is 3.38. The van der Waals surface area contributed by atoms with Crippen LogP contribution in [0, 0.1) is 0 Å². The standard InChI is InChI=1S/C6H13.C4H8O.Li/c1-3-5-6-4-2;1-2-4-5-3-1;/h1,3-6H2,2H3;1-4H2;. The molecular formula is C10H21LiO. The Kier molecular flexibility index (Phi) is 12.1. The van der Waals surface area contributed by atoms with Crippen molar-refractivity contribution >= 4 is 17.7 Å². The van der Waals surface area contributed by atoms with Crippen molar-refractivity contribution in [2.24, 2.45) is 0 Å². The van der Waals surface area contributed by atoms with E-state index in [2.05, 4.69) is 24.6 Å². The Morgan fingerprint density at radius 1 is 1.08 bits per heavy atom. The molecule has 1 fully saturated rings. The normalized spacial score (nSPS) is 15.6. The molecule has 0 aromatic heterocycles. The van der Waals surface area contributed by atoms with Gasteiger partial charge in [0, 0.05) is 13.2 Å². The Morgan fingerprint density at radius 3 is 2.08 bits per heavy atom. The van der Waals surface area contributed by atoms with E-state index in [0.717, 1.165) is 13.2 Å². The van der Waals surface area contributed by atoms with Crippen LogP contribution in [0.25, 0.3) is 0 Å². The molecule has 0 aliphatic carbocycles. The number of rotatable bonds is 4. The molecule has 0 bridgehead atoms. The van der Waals surface area contributed by atoms with Crippen LogP contribution in [0.4, 0.5) is 0 Å². The fourth-order valence-electron chi connectivity index (χ4n) is 1.19. The van der Waals surface area contributed by atoms with Crippen LogP contribution in [-0.4, -0.2) is 30.9 Å². The van der Waals surface area contributed by atoms with Gasteiger partial charge in [0.2, 0.25) is 0 Å². The van der Waals surface area contributed by atoms with Gasteiger partial charge < -0.3 is 4.74 Å². The topological polar surface area (TPSA) is 9.23 Å². The molecule has 1 nitrogen and oxygen atoms in total. The molecule has 0 atom stereocenters. The fourth-order valence-corrected chi connectivity index (χ4v) is 1.19. The van der Waals surface area contributed by atoms with Crippen LogP contribution in [0.3, 0.4) is 0 Å². The summed E-state index contributed by atoms with van der Waals surface area (Å²) in [6.07, 6.45) is 8.20. The number of unbranched alkanes of at least 4 members (excludes halogenated alkanes) is 3. The molecule has 0 aromatic rings. The van der Waals surface area contributed by atoms with Gasteiger partial charge in [-0.2, -0.15) is 0 Å². The number of ether oxygens (including phenoxy) is 1. The van der Waals surface area contributed by atoms with Crippen molar-refractivity contribution in [2.45, 2.75) is 50.5 Å². The van der Waals surface area contributed by atoms with Gasteiger partial charge in [-0.05, 0) is 12.8 Å². The van der Waals surface area contributed by atoms with Crippen LogP contribution in [0.1, 0.15) is 45.4 Å². The second-order valence-electron chi connectivity index (χ2n) is 3.38. The first kappa shape index (κ1) is 12.6. The molecule has 1 aliphatic rings. The van der Waals surface area contributed by atoms with Crippen molar-refractivity contribution in [3.63, 3.8) is 0 Å². The van der Waals surface area contributed by atoms with E-state index >= 15 is 0 Å². The predicted molar refractivity (Wildman–Crippen MR) is 54.8 cm³/mol. The van der Waals surface area contributed by atoms with Crippen molar-refractivity contribution in [2.75, 3.05) is 13.2 Å². The molecule has 0 N–H and O–H groups in total. The van der Waals surface area contributed by atoms with E-state index in [-0.39, 0.29) is 0 Å². The zero-order valence-electron chi connectivity index (χ0n) is 8.77. The van der Waals surface area contributed by atoms with Crippen molar-refractivity contribution in [3.05, 3.63) is 0 Å². The molecule has 0 spiro atoms. The average molecular weight is 164 g/mol. The summed E-state index contributed by atoms with van der Waals surface area (Å²) in [5, 5.41) is 1.36. The van der Waals surface area contributed by atoms with Gasteiger partial charge in [-0.1, -0.05) is 0 Å². The molecule has 1 aliphatic heterocycles. The monoisotopic (exact) mass is 164 g/mol. The summed E-state index contributed by atoms with van der Waals surface area (Å²) < 4.78 is 4.94. The summed E-state index contributed by atoms with van der Waals surface area (Å²) in [6.45, 7) is 4.25. The minimum atomic E-state index is 1.00. The Labute approximate surface area is 86.5 Å². The Balaban J connectivity index is 0.000000211. The second kappa shape index (κ2) is 11.6. The summed E-state index contributed by atoms with van der Waals surface area (Å²) in [5.41, 5.74) is 0. The van der Waals surface area contributed by atoms with Gasteiger partial charge in [0.05, 0.1) is 0 Å². The Bertz CT molecular complexity index is 60.6. The van der Waals surface area contributed by atoms with Crippen LogP contribution >= 0.6 is 0 Å². The first-order valence-corrected chi connectivity index (χ1v) is 5.49. The molecule has 68 valence electrons. The van der Waals surface area contributed by atoms with E-state index in [9.17, 15) is 0 Å².